The van der Waals surface area contributed by atoms with Crippen LogP contribution in [0.15, 0.2) is 0 Å². The van der Waals surface area contributed by atoms with Gasteiger partial charge in [0.1, 0.15) is 5.82 Å². The van der Waals surface area contributed by atoms with Gasteiger partial charge in [-0.2, -0.15) is 0 Å². The number of rotatable bonds is 4. The quantitative estimate of drug-likeness (QED) is 0.698. The maximum atomic E-state index is 11.5. The number of carbonyl (C=O) groups is 1. The minimum Gasteiger partial charge on any atom is -0.460 e. The van der Waals surface area contributed by atoms with Crippen LogP contribution in [-0.2, 0) is 11.3 Å². The van der Waals surface area contributed by atoms with Crippen LogP contribution >= 0.6 is 0 Å². The van der Waals surface area contributed by atoms with E-state index in [9.17, 15) is 4.79 Å². The van der Waals surface area contributed by atoms with Crippen LogP contribution in [0.3, 0.4) is 0 Å². The van der Waals surface area contributed by atoms with Crippen LogP contribution < -0.4 is 0 Å². The standard InChI is InChI=1S/C10H15N3O2/c1-3-15-10(14)9-12-11-7(2)13(9)6-8-4-5-8/h8H,3-6H2,1-2H3. The first-order valence-electron chi connectivity index (χ1n) is 5.29. The van der Waals surface area contributed by atoms with Crippen LogP contribution in [0.4, 0.5) is 0 Å². The van der Waals surface area contributed by atoms with E-state index < -0.39 is 0 Å². The molecule has 0 aromatic carbocycles. The molecule has 1 aliphatic rings. The Bertz CT molecular complexity index is 369. The first-order valence-corrected chi connectivity index (χ1v) is 5.29. The number of nitrogens with zero attached hydrogens (tertiary/aromatic N) is 3. The van der Waals surface area contributed by atoms with Gasteiger partial charge in [0.15, 0.2) is 0 Å². The van der Waals surface area contributed by atoms with Crippen molar-refractivity contribution >= 4 is 5.97 Å². The molecule has 0 saturated heterocycles. The summed E-state index contributed by atoms with van der Waals surface area (Å²) in [5.41, 5.74) is 0. The molecular weight excluding hydrogens is 194 g/mol. The third-order valence-electron chi connectivity index (χ3n) is 2.53. The average molecular weight is 209 g/mol. The largest absolute Gasteiger partial charge is 0.460 e. The van der Waals surface area contributed by atoms with Crippen LogP contribution in [0.25, 0.3) is 0 Å². The Morgan fingerprint density at radius 1 is 1.53 bits per heavy atom. The molecule has 1 heterocycles. The highest BCUT2D eigenvalue weighted by Crippen LogP contribution is 2.31. The van der Waals surface area contributed by atoms with E-state index in [0.717, 1.165) is 12.4 Å². The fourth-order valence-corrected chi connectivity index (χ4v) is 1.50. The van der Waals surface area contributed by atoms with Gasteiger partial charge in [0.25, 0.3) is 0 Å². The van der Waals surface area contributed by atoms with Crippen LogP contribution in [-0.4, -0.2) is 27.3 Å². The van der Waals surface area contributed by atoms with Gasteiger partial charge in [-0.3, -0.25) is 0 Å². The predicted molar refractivity (Wildman–Crippen MR) is 53.4 cm³/mol. The molecule has 1 aliphatic carbocycles. The van der Waals surface area contributed by atoms with E-state index in [1.165, 1.54) is 12.8 Å². The summed E-state index contributed by atoms with van der Waals surface area (Å²) in [6, 6.07) is 0. The molecule has 0 bridgehead atoms. The van der Waals surface area contributed by atoms with Crippen molar-refractivity contribution in [3.63, 3.8) is 0 Å². The molecule has 82 valence electrons. The van der Waals surface area contributed by atoms with Crippen molar-refractivity contribution in [1.29, 1.82) is 0 Å². The van der Waals surface area contributed by atoms with Gasteiger partial charge >= 0.3 is 5.97 Å². The molecule has 15 heavy (non-hydrogen) atoms. The number of aromatic nitrogens is 3. The minimum absolute atomic E-state index is 0.334. The third kappa shape index (κ3) is 2.16. The highest BCUT2D eigenvalue weighted by molar-refractivity contribution is 5.85. The van der Waals surface area contributed by atoms with Crippen molar-refractivity contribution in [2.45, 2.75) is 33.2 Å². The lowest BCUT2D eigenvalue weighted by molar-refractivity contribution is 0.0505. The second-order valence-electron chi connectivity index (χ2n) is 3.85. The topological polar surface area (TPSA) is 57.0 Å². The zero-order chi connectivity index (χ0) is 10.8. The van der Waals surface area contributed by atoms with E-state index in [-0.39, 0.29) is 5.97 Å². The van der Waals surface area contributed by atoms with Crippen LogP contribution in [0.5, 0.6) is 0 Å². The normalized spacial score (nSPS) is 15.3. The number of hydrogen-bond acceptors (Lipinski definition) is 4. The second kappa shape index (κ2) is 4.00. The lowest BCUT2D eigenvalue weighted by Crippen LogP contribution is -2.15. The molecule has 1 saturated carbocycles. The highest BCUT2D eigenvalue weighted by Gasteiger charge is 2.26. The van der Waals surface area contributed by atoms with E-state index in [4.69, 9.17) is 4.74 Å². The van der Waals surface area contributed by atoms with Crippen LogP contribution in [0.1, 0.15) is 36.2 Å². The molecular formula is C10H15N3O2. The first kappa shape index (κ1) is 10.1. The Balaban J connectivity index is 2.17. The molecule has 0 radical (unpaired) electrons. The molecule has 0 aliphatic heterocycles. The van der Waals surface area contributed by atoms with Crippen molar-refractivity contribution in [3.8, 4) is 0 Å². The summed E-state index contributed by atoms with van der Waals surface area (Å²) in [4.78, 5) is 11.5. The molecule has 5 nitrogen and oxygen atoms in total. The molecule has 0 amide bonds. The fraction of sp³-hybridized carbons (Fsp3) is 0.700. The second-order valence-corrected chi connectivity index (χ2v) is 3.85. The summed E-state index contributed by atoms with van der Waals surface area (Å²) in [6.07, 6.45) is 2.47. The minimum atomic E-state index is -0.376. The summed E-state index contributed by atoms with van der Waals surface area (Å²) in [5, 5.41) is 7.77. The SMILES string of the molecule is CCOC(=O)c1nnc(C)n1CC1CC1. The van der Waals surface area contributed by atoms with E-state index in [2.05, 4.69) is 10.2 Å². The van der Waals surface area contributed by atoms with Crippen molar-refractivity contribution in [2.24, 2.45) is 5.92 Å². The fourth-order valence-electron chi connectivity index (χ4n) is 1.50. The molecule has 1 aromatic heterocycles. The predicted octanol–water partition coefficient (Wildman–Crippen LogP) is 1.17. The summed E-state index contributed by atoms with van der Waals surface area (Å²) in [5.74, 6) is 1.43. The van der Waals surface area contributed by atoms with Gasteiger partial charge in [0, 0.05) is 6.54 Å². The van der Waals surface area contributed by atoms with E-state index in [1.807, 2.05) is 11.5 Å². The zero-order valence-corrected chi connectivity index (χ0v) is 9.06. The van der Waals surface area contributed by atoms with Gasteiger partial charge in [-0.15, -0.1) is 10.2 Å². The Hall–Kier alpha value is -1.39. The smallest absolute Gasteiger partial charge is 0.376 e. The van der Waals surface area contributed by atoms with Crippen molar-refractivity contribution in [2.75, 3.05) is 6.61 Å². The van der Waals surface area contributed by atoms with E-state index >= 15 is 0 Å². The first-order chi connectivity index (χ1) is 7.22. The van der Waals surface area contributed by atoms with Crippen LogP contribution in [0, 0.1) is 12.8 Å². The maximum Gasteiger partial charge on any atom is 0.376 e. The molecule has 0 N–H and O–H groups in total. The van der Waals surface area contributed by atoms with E-state index in [1.54, 1.807) is 6.92 Å². The Morgan fingerprint density at radius 2 is 2.27 bits per heavy atom. The maximum absolute atomic E-state index is 11.5. The number of esters is 1. The molecule has 5 heteroatoms. The third-order valence-corrected chi connectivity index (χ3v) is 2.53. The summed E-state index contributed by atoms with van der Waals surface area (Å²) in [6.45, 7) is 4.85. The average Bonchev–Trinajstić information content (AvgIpc) is 2.93. The van der Waals surface area contributed by atoms with Gasteiger partial charge in [0.05, 0.1) is 6.61 Å². The number of aryl methyl sites for hydroxylation is 1. The van der Waals surface area contributed by atoms with Crippen molar-refractivity contribution < 1.29 is 9.53 Å². The Labute approximate surface area is 88.4 Å². The van der Waals surface area contributed by atoms with Gasteiger partial charge in [-0.25, -0.2) is 4.79 Å². The Morgan fingerprint density at radius 3 is 2.87 bits per heavy atom. The molecule has 0 unspecified atom stereocenters. The number of ether oxygens (including phenoxy) is 1. The molecule has 2 rings (SSSR count). The molecule has 1 fully saturated rings. The molecule has 0 spiro atoms. The van der Waals surface area contributed by atoms with Crippen molar-refractivity contribution in [3.05, 3.63) is 11.6 Å². The molecule has 1 aromatic rings. The lowest BCUT2D eigenvalue weighted by atomic mass is 10.4. The number of carbonyl (C=O) groups excluding carboxylic acids is 1. The zero-order valence-electron chi connectivity index (χ0n) is 9.06. The van der Waals surface area contributed by atoms with Gasteiger partial charge in [-0.05, 0) is 32.6 Å². The highest BCUT2D eigenvalue weighted by atomic mass is 16.5. The van der Waals surface area contributed by atoms with Gasteiger partial charge < -0.3 is 9.30 Å². The van der Waals surface area contributed by atoms with Gasteiger partial charge in [-0.1, -0.05) is 0 Å². The summed E-state index contributed by atoms with van der Waals surface area (Å²) in [7, 11) is 0. The van der Waals surface area contributed by atoms with Crippen molar-refractivity contribution in [1.82, 2.24) is 14.8 Å². The van der Waals surface area contributed by atoms with Gasteiger partial charge in [0.2, 0.25) is 5.82 Å². The Kier molecular flexibility index (Phi) is 2.70. The van der Waals surface area contributed by atoms with E-state index in [0.29, 0.717) is 18.3 Å². The molecule has 0 atom stereocenters. The number of hydrogen-bond donors (Lipinski definition) is 0. The van der Waals surface area contributed by atoms with Crippen LogP contribution in [0.2, 0.25) is 0 Å². The summed E-state index contributed by atoms with van der Waals surface area (Å²) >= 11 is 0. The lowest BCUT2D eigenvalue weighted by Gasteiger charge is -2.06. The monoisotopic (exact) mass is 209 g/mol. The summed E-state index contributed by atoms with van der Waals surface area (Å²) < 4.78 is 6.78.